The monoisotopic (exact) mass is 226 g/mol. The van der Waals surface area contributed by atoms with E-state index in [1.165, 1.54) is 6.07 Å². The van der Waals surface area contributed by atoms with Crippen molar-refractivity contribution in [2.75, 3.05) is 0 Å². The van der Waals surface area contributed by atoms with Gasteiger partial charge in [0.25, 0.3) is 0 Å². The fraction of sp³-hybridized carbons (Fsp3) is 0.273. The van der Waals surface area contributed by atoms with Crippen molar-refractivity contribution in [3.05, 3.63) is 29.5 Å². The van der Waals surface area contributed by atoms with Crippen molar-refractivity contribution in [3.8, 4) is 5.75 Å². The zero-order valence-electron chi connectivity index (χ0n) is 8.76. The van der Waals surface area contributed by atoms with Gasteiger partial charge >= 0.3 is 6.61 Å². The SMILES string of the molecule is Cc1c[nH]c2c(OC(F)F)ccc(CN)c12. The normalized spacial score (nSPS) is 11.3. The average molecular weight is 226 g/mol. The number of ether oxygens (including phenoxy) is 1. The fourth-order valence-corrected chi connectivity index (χ4v) is 1.84. The lowest BCUT2D eigenvalue weighted by Gasteiger charge is -2.08. The van der Waals surface area contributed by atoms with E-state index < -0.39 is 6.61 Å². The zero-order valence-corrected chi connectivity index (χ0v) is 8.76. The maximum atomic E-state index is 12.2. The second-order valence-corrected chi connectivity index (χ2v) is 3.53. The highest BCUT2D eigenvalue weighted by molar-refractivity contribution is 5.91. The first-order valence-electron chi connectivity index (χ1n) is 4.88. The summed E-state index contributed by atoms with van der Waals surface area (Å²) >= 11 is 0. The first-order valence-corrected chi connectivity index (χ1v) is 4.88. The summed E-state index contributed by atoms with van der Waals surface area (Å²) in [5, 5.41) is 0.862. The predicted octanol–water partition coefficient (Wildman–Crippen LogP) is 2.54. The maximum Gasteiger partial charge on any atom is 0.387 e. The van der Waals surface area contributed by atoms with E-state index in [4.69, 9.17) is 5.73 Å². The second-order valence-electron chi connectivity index (χ2n) is 3.53. The van der Waals surface area contributed by atoms with Crippen LogP contribution in [0.1, 0.15) is 11.1 Å². The van der Waals surface area contributed by atoms with Crippen LogP contribution in [0.4, 0.5) is 8.78 Å². The number of benzene rings is 1. The van der Waals surface area contributed by atoms with Crippen LogP contribution >= 0.6 is 0 Å². The van der Waals surface area contributed by atoms with E-state index in [0.717, 1.165) is 16.5 Å². The van der Waals surface area contributed by atoms with Gasteiger partial charge in [0, 0.05) is 18.1 Å². The molecule has 0 aliphatic heterocycles. The van der Waals surface area contributed by atoms with Gasteiger partial charge in [0.15, 0.2) is 0 Å². The molecule has 0 atom stereocenters. The summed E-state index contributed by atoms with van der Waals surface area (Å²) in [5.41, 5.74) is 8.04. The van der Waals surface area contributed by atoms with Crippen molar-refractivity contribution in [3.63, 3.8) is 0 Å². The molecule has 0 bridgehead atoms. The van der Waals surface area contributed by atoms with E-state index in [2.05, 4.69) is 9.72 Å². The molecular formula is C11H12F2N2O. The standard InChI is InChI=1S/C11H12F2N2O/c1-6-5-15-10-8(16-11(12)13)3-2-7(4-14)9(6)10/h2-3,5,11,15H,4,14H2,1H3. The number of rotatable bonds is 3. The van der Waals surface area contributed by atoms with Crippen molar-refractivity contribution in [1.29, 1.82) is 0 Å². The molecular weight excluding hydrogens is 214 g/mol. The quantitative estimate of drug-likeness (QED) is 0.844. The van der Waals surface area contributed by atoms with Gasteiger partial charge in [0.05, 0.1) is 5.52 Å². The van der Waals surface area contributed by atoms with Crippen LogP contribution in [0.25, 0.3) is 10.9 Å². The van der Waals surface area contributed by atoms with Crippen molar-refractivity contribution < 1.29 is 13.5 Å². The molecule has 5 heteroatoms. The third kappa shape index (κ3) is 1.74. The molecule has 86 valence electrons. The number of alkyl halides is 2. The number of nitrogens with two attached hydrogens (primary N) is 1. The summed E-state index contributed by atoms with van der Waals surface area (Å²) in [5.74, 6) is 0.148. The van der Waals surface area contributed by atoms with Gasteiger partial charge in [-0.25, -0.2) is 0 Å². The van der Waals surface area contributed by atoms with Gasteiger partial charge in [-0.2, -0.15) is 8.78 Å². The van der Waals surface area contributed by atoms with Gasteiger partial charge in [-0.3, -0.25) is 0 Å². The zero-order chi connectivity index (χ0) is 11.7. The molecule has 0 amide bonds. The van der Waals surface area contributed by atoms with E-state index in [9.17, 15) is 8.78 Å². The Bertz CT molecular complexity index is 508. The van der Waals surface area contributed by atoms with Crippen LogP contribution in [0.3, 0.4) is 0 Å². The highest BCUT2D eigenvalue weighted by Gasteiger charge is 2.13. The molecule has 2 aromatic rings. The van der Waals surface area contributed by atoms with Crippen molar-refractivity contribution in [2.45, 2.75) is 20.1 Å². The molecule has 0 radical (unpaired) electrons. The van der Waals surface area contributed by atoms with Crippen LogP contribution in [-0.2, 0) is 6.54 Å². The molecule has 0 aliphatic carbocycles. The minimum atomic E-state index is -2.82. The number of hydrogen-bond acceptors (Lipinski definition) is 2. The third-order valence-electron chi connectivity index (χ3n) is 2.52. The molecule has 0 saturated carbocycles. The van der Waals surface area contributed by atoms with E-state index in [1.54, 1.807) is 12.3 Å². The summed E-state index contributed by atoms with van der Waals surface area (Å²) < 4.78 is 28.8. The summed E-state index contributed by atoms with van der Waals surface area (Å²) in [7, 11) is 0. The van der Waals surface area contributed by atoms with Crippen LogP contribution in [-0.4, -0.2) is 11.6 Å². The van der Waals surface area contributed by atoms with E-state index >= 15 is 0 Å². The Kier molecular flexibility index (Phi) is 2.78. The number of aryl methyl sites for hydroxylation is 1. The molecule has 2 rings (SSSR count). The lowest BCUT2D eigenvalue weighted by atomic mass is 10.1. The number of nitrogens with one attached hydrogen (secondary N) is 1. The van der Waals surface area contributed by atoms with E-state index in [-0.39, 0.29) is 5.75 Å². The van der Waals surface area contributed by atoms with E-state index in [1.807, 2.05) is 6.92 Å². The topological polar surface area (TPSA) is 51.0 Å². The lowest BCUT2D eigenvalue weighted by molar-refractivity contribution is -0.0489. The molecule has 0 saturated heterocycles. The van der Waals surface area contributed by atoms with Gasteiger partial charge in [-0.15, -0.1) is 0 Å². The smallest absolute Gasteiger partial charge is 0.387 e. The van der Waals surface area contributed by atoms with Gasteiger partial charge in [-0.05, 0) is 24.1 Å². The Morgan fingerprint density at radius 3 is 2.81 bits per heavy atom. The lowest BCUT2D eigenvalue weighted by Crippen LogP contribution is -2.04. The van der Waals surface area contributed by atoms with Crippen LogP contribution in [0.15, 0.2) is 18.3 Å². The van der Waals surface area contributed by atoms with Gasteiger partial charge in [-0.1, -0.05) is 6.07 Å². The molecule has 1 aromatic carbocycles. The Hall–Kier alpha value is -1.62. The number of hydrogen-bond donors (Lipinski definition) is 2. The van der Waals surface area contributed by atoms with Crippen molar-refractivity contribution in [2.24, 2.45) is 5.73 Å². The molecule has 0 fully saturated rings. The number of H-pyrrole nitrogens is 1. The van der Waals surface area contributed by atoms with Crippen LogP contribution in [0, 0.1) is 6.92 Å². The van der Waals surface area contributed by atoms with E-state index in [0.29, 0.717) is 12.1 Å². The van der Waals surface area contributed by atoms with Gasteiger partial charge in [0.2, 0.25) is 0 Å². The highest BCUT2D eigenvalue weighted by Crippen LogP contribution is 2.30. The number of aromatic amines is 1. The number of aromatic nitrogens is 1. The molecule has 0 aliphatic rings. The predicted molar refractivity (Wildman–Crippen MR) is 57.6 cm³/mol. The molecule has 3 N–H and O–H groups in total. The average Bonchev–Trinajstić information content (AvgIpc) is 2.62. The largest absolute Gasteiger partial charge is 0.433 e. The second kappa shape index (κ2) is 4.09. The van der Waals surface area contributed by atoms with Crippen LogP contribution < -0.4 is 10.5 Å². The fourth-order valence-electron chi connectivity index (χ4n) is 1.84. The van der Waals surface area contributed by atoms with Gasteiger partial charge in [0.1, 0.15) is 5.75 Å². The number of halogens is 2. The number of fused-ring (bicyclic) bond motifs is 1. The Morgan fingerprint density at radius 2 is 2.19 bits per heavy atom. The first-order chi connectivity index (χ1) is 7.63. The molecule has 1 heterocycles. The molecule has 3 nitrogen and oxygen atoms in total. The molecule has 0 spiro atoms. The summed E-state index contributed by atoms with van der Waals surface area (Å²) in [4.78, 5) is 2.92. The Morgan fingerprint density at radius 1 is 1.44 bits per heavy atom. The summed E-state index contributed by atoms with van der Waals surface area (Å²) in [6.45, 7) is -0.565. The minimum Gasteiger partial charge on any atom is -0.433 e. The maximum absolute atomic E-state index is 12.2. The highest BCUT2D eigenvalue weighted by atomic mass is 19.3. The summed E-state index contributed by atoms with van der Waals surface area (Å²) in [6.07, 6.45) is 1.75. The third-order valence-corrected chi connectivity index (χ3v) is 2.52. The van der Waals surface area contributed by atoms with Crippen LogP contribution in [0.5, 0.6) is 5.75 Å². The first kappa shape index (κ1) is 10.9. The minimum absolute atomic E-state index is 0.148. The Labute approximate surface area is 91.2 Å². The van der Waals surface area contributed by atoms with Gasteiger partial charge < -0.3 is 15.5 Å². The van der Waals surface area contributed by atoms with Crippen LogP contribution in [0.2, 0.25) is 0 Å². The molecule has 16 heavy (non-hydrogen) atoms. The van der Waals surface area contributed by atoms with Crippen molar-refractivity contribution >= 4 is 10.9 Å². The van der Waals surface area contributed by atoms with Crippen molar-refractivity contribution in [1.82, 2.24) is 4.98 Å². The summed E-state index contributed by atoms with van der Waals surface area (Å²) in [6, 6.07) is 3.22. The molecule has 1 aromatic heterocycles. The molecule has 0 unspecified atom stereocenters. The Balaban J connectivity index is 2.61.